The van der Waals surface area contributed by atoms with Gasteiger partial charge in [-0.1, -0.05) is 38.1 Å². The van der Waals surface area contributed by atoms with Crippen molar-refractivity contribution in [1.29, 1.82) is 21.2 Å². The summed E-state index contributed by atoms with van der Waals surface area (Å²) in [6, 6.07) is 13.7. The highest BCUT2D eigenvalue weighted by molar-refractivity contribution is 5.89. The van der Waals surface area contributed by atoms with Gasteiger partial charge >= 0.3 is 0 Å². The predicted octanol–water partition coefficient (Wildman–Crippen LogP) is 4.14. The molecule has 1 aromatic rings. The van der Waals surface area contributed by atoms with E-state index < -0.39 is 28.6 Å². The lowest BCUT2D eigenvalue weighted by Crippen LogP contribution is -2.59. The zero-order chi connectivity index (χ0) is 19.9. The van der Waals surface area contributed by atoms with Crippen LogP contribution in [0.1, 0.15) is 50.3 Å². The summed E-state index contributed by atoms with van der Waals surface area (Å²) >= 11 is 0. The van der Waals surface area contributed by atoms with E-state index in [1.54, 1.807) is 0 Å². The van der Waals surface area contributed by atoms with Crippen LogP contribution in [0.2, 0.25) is 0 Å². The van der Waals surface area contributed by atoms with Crippen molar-refractivity contribution in [3.63, 3.8) is 0 Å². The minimum Gasteiger partial charge on any atom is -0.447 e. The maximum atomic E-state index is 10.2. The van der Waals surface area contributed by atoms with E-state index in [-0.39, 0.29) is 5.90 Å². The van der Waals surface area contributed by atoms with Crippen LogP contribution in [-0.2, 0) is 9.47 Å². The number of aryl methyl sites for hydroxylation is 1. The SMILES string of the molecule is CCCC12OC(=N)C(C#N)(C1CC)C(C#N)(C#N)C(c1ccccc1C)O2. The minimum atomic E-state index is -1.88. The summed E-state index contributed by atoms with van der Waals surface area (Å²) in [5.74, 6) is -2.08. The zero-order valence-corrected chi connectivity index (χ0v) is 15.7. The minimum absolute atomic E-state index is 0.329. The third-order valence-corrected chi connectivity index (χ3v) is 6.03. The maximum Gasteiger partial charge on any atom is 0.217 e. The number of fused-ring (bicyclic) bond motifs is 2. The summed E-state index contributed by atoms with van der Waals surface area (Å²) in [5, 5.41) is 39.1. The number of hydrogen-bond acceptors (Lipinski definition) is 6. The molecule has 0 aromatic heterocycles. The predicted molar refractivity (Wildman–Crippen MR) is 96.9 cm³/mol. The normalized spacial score (nSPS) is 33.4. The number of ether oxygens (including phenoxy) is 2. The van der Waals surface area contributed by atoms with Crippen LogP contribution in [0.25, 0.3) is 0 Å². The van der Waals surface area contributed by atoms with Crippen LogP contribution in [0, 0.1) is 63.1 Å². The van der Waals surface area contributed by atoms with Gasteiger partial charge in [0, 0.05) is 6.42 Å². The molecular weight excluding hydrogens is 340 g/mol. The van der Waals surface area contributed by atoms with Crippen LogP contribution in [-0.4, -0.2) is 11.7 Å². The third kappa shape index (κ3) is 2.10. The molecule has 2 bridgehead atoms. The Hall–Kier alpha value is -2.88. The lowest BCUT2D eigenvalue weighted by molar-refractivity contribution is -0.286. The fraction of sp³-hybridized carbons (Fsp3) is 0.524. The van der Waals surface area contributed by atoms with Crippen molar-refractivity contribution in [3.8, 4) is 18.2 Å². The molecule has 4 atom stereocenters. The van der Waals surface area contributed by atoms with Gasteiger partial charge in [-0.3, -0.25) is 5.41 Å². The molecule has 138 valence electrons. The molecule has 0 saturated carbocycles. The van der Waals surface area contributed by atoms with Crippen molar-refractivity contribution in [2.75, 3.05) is 0 Å². The number of rotatable bonds is 4. The summed E-state index contributed by atoms with van der Waals surface area (Å²) < 4.78 is 12.3. The molecule has 27 heavy (non-hydrogen) atoms. The first-order chi connectivity index (χ1) is 12.9. The van der Waals surface area contributed by atoms with Gasteiger partial charge in [-0.2, -0.15) is 15.8 Å². The Labute approximate surface area is 159 Å². The van der Waals surface area contributed by atoms with E-state index in [0.717, 1.165) is 12.0 Å². The number of nitriles is 3. The van der Waals surface area contributed by atoms with Crippen LogP contribution in [0.3, 0.4) is 0 Å². The Bertz CT molecular complexity index is 892. The van der Waals surface area contributed by atoms with Crippen LogP contribution in [0.15, 0.2) is 24.3 Å². The number of benzene rings is 1. The van der Waals surface area contributed by atoms with Crippen molar-refractivity contribution < 1.29 is 9.47 Å². The molecule has 1 aromatic carbocycles. The molecule has 2 saturated heterocycles. The average Bonchev–Trinajstić information content (AvgIpc) is 2.86. The molecule has 2 fully saturated rings. The van der Waals surface area contributed by atoms with Crippen LogP contribution >= 0.6 is 0 Å². The van der Waals surface area contributed by atoms with Gasteiger partial charge in [-0.05, 0) is 30.9 Å². The van der Waals surface area contributed by atoms with E-state index >= 15 is 0 Å². The second-order valence-corrected chi connectivity index (χ2v) is 7.26. The first-order valence-corrected chi connectivity index (χ1v) is 9.18. The lowest BCUT2D eigenvalue weighted by Gasteiger charge is -2.50. The quantitative estimate of drug-likeness (QED) is 0.864. The summed E-state index contributed by atoms with van der Waals surface area (Å²) in [7, 11) is 0. The lowest BCUT2D eigenvalue weighted by atomic mass is 9.52. The topological polar surface area (TPSA) is 114 Å². The van der Waals surface area contributed by atoms with Crippen molar-refractivity contribution >= 4 is 5.90 Å². The van der Waals surface area contributed by atoms with E-state index in [2.05, 4.69) is 18.2 Å². The molecule has 2 aliphatic heterocycles. The molecule has 6 nitrogen and oxygen atoms in total. The van der Waals surface area contributed by atoms with E-state index in [4.69, 9.17) is 14.9 Å². The third-order valence-electron chi connectivity index (χ3n) is 6.03. The Balaban J connectivity index is 2.37. The van der Waals surface area contributed by atoms with Gasteiger partial charge in [0.2, 0.25) is 17.1 Å². The molecule has 6 heteroatoms. The molecule has 2 heterocycles. The highest BCUT2D eigenvalue weighted by Gasteiger charge is 2.79. The first-order valence-electron chi connectivity index (χ1n) is 9.18. The van der Waals surface area contributed by atoms with Gasteiger partial charge < -0.3 is 9.47 Å². The standard InChI is InChI=1S/C21H22N4O2/c1-4-10-21-16(5-2)20(13-24,18(25)27-21)19(11-22,12-23)17(26-21)15-9-7-6-8-14(15)3/h6-9,16-17,25H,4-5,10H2,1-3H3. The summed E-state index contributed by atoms with van der Waals surface area (Å²) in [6.45, 7) is 5.73. The maximum absolute atomic E-state index is 10.2. The summed E-state index contributed by atoms with van der Waals surface area (Å²) in [4.78, 5) is 0. The zero-order valence-electron chi connectivity index (χ0n) is 15.7. The number of hydrogen-bond donors (Lipinski definition) is 1. The van der Waals surface area contributed by atoms with E-state index in [1.807, 2.05) is 45.0 Å². The molecule has 0 amide bonds. The van der Waals surface area contributed by atoms with Crippen LogP contribution < -0.4 is 0 Å². The molecule has 3 rings (SSSR count). The average molecular weight is 362 g/mol. The van der Waals surface area contributed by atoms with E-state index in [1.165, 1.54) is 0 Å². The molecule has 1 N–H and O–H groups in total. The number of nitrogens with one attached hydrogen (secondary N) is 1. The van der Waals surface area contributed by atoms with Crippen molar-refractivity contribution in [3.05, 3.63) is 35.4 Å². The summed E-state index contributed by atoms with van der Waals surface area (Å²) in [5.41, 5.74) is -2.02. The van der Waals surface area contributed by atoms with Crippen molar-refractivity contribution in [2.45, 2.75) is 51.9 Å². The molecule has 0 aliphatic carbocycles. The monoisotopic (exact) mass is 362 g/mol. The van der Waals surface area contributed by atoms with Gasteiger partial charge in [0.15, 0.2) is 5.41 Å². The van der Waals surface area contributed by atoms with E-state index in [0.29, 0.717) is 18.4 Å². The highest BCUT2D eigenvalue weighted by atomic mass is 16.7. The fourth-order valence-electron chi connectivity index (χ4n) is 4.83. The first kappa shape index (κ1) is 18.9. The smallest absolute Gasteiger partial charge is 0.217 e. The van der Waals surface area contributed by atoms with Gasteiger partial charge in [-0.15, -0.1) is 0 Å². The largest absolute Gasteiger partial charge is 0.447 e. The Kier molecular flexibility index (Phi) is 4.46. The Morgan fingerprint density at radius 3 is 2.30 bits per heavy atom. The molecular formula is C21H22N4O2. The van der Waals surface area contributed by atoms with Crippen LogP contribution in [0.4, 0.5) is 0 Å². The van der Waals surface area contributed by atoms with Crippen LogP contribution in [0.5, 0.6) is 0 Å². The molecule has 0 spiro atoms. The van der Waals surface area contributed by atoms with Crippen molar-refractivity contribution in [2.24, 2.45) is 16.7 Å². The van der Waals surface area contributed by atoms with Gasteiger partial charge in [0.05, 0.1) is 24.1 Å². The molecule has 2 aliphatic rings. The van der Waals surface area contributed by atoms with Crippen molar-refractivity contribution in [1.82, 2.24) is 0 Å². The van der Waals surface area contributed by atoms with E-state index in [9.17, 15) is 15.8 Å². The fourth-order valence-corrected chi connectivity index (χ4v) is 4.83. The van der Waals surface area contributed by atoms with Gasteiger partial charge in [0.1, 0.15) is 6.10 Å². The number of nitrogens with zero attached hydrogens (tertiary/aromatic N) is 3. The summed E-state index contributed by atoms with van der Waals surface area (Å²) in [6.07, 6.45) is 0.678. The molecule has 4 unspecified atom stereocenters. The molecule has 0 radical (unpaired) electrons. The van der Waals surface area contributed by atoms with Gasteiger partial charge in [-0.25, -0.2) is 0 Å². The Morgan fingerprint density at radius 1 is 1.11 bits per heavy atom. The second-order valence-electron chi connectivity index (χ2n) is 7.26. The van der Waals surface area contributed by atoms with Gasteiger partial charge in [0.25, 0.3) is 0 Å². The second kappa shape index (κ2) is 6.38. The Morgan fingerprint density at radius 2 is 1.78 bits per heavy atom. The highest BCUT2D eigenvalue weighted by Crippen LogP contribution is 2.68.